The van der Waals surface area contributed by atoms with Crippen molar-refractivity contribution in [3.63, 3.8) is 0 Å². The van der Waals surface area contributed by atoms with E-state index in [9.17, 15) is 27.2 Å². The van der Waals surface area contributed by atoms with Crippen LogP contribution in [0.25, 0.3) is 0 Å². The molecule has 28 heavy (non-hydrogen) atoms. The van der Waals surface area contributed by atoms with Crippen molar-refractivity contribution in [3.8, 4) is 0 Å². The molecule has 150 valence electrons. The van der Waals surface area contributed by atoms with Crippen LogP contribution in [-0.4, -0.2) is 30.9 Å². The molecule has 1 atom stereocenters. The van der Waals surface area contributed by atoms with Crippen LogP contribution >= 0.6 is 0 Å². The van der Waals surface area contributed by atoms with Crippen LogP contribution in [-0.2, 0) is 27.3 Å². The zero-order valence-corrected chi connectivity index (χ0v) is 14.5. The quantitative estimate of drug-likeness (QED) is 0.569. The second-order valence-corrected chi connectivity index (χ2v) is 5.81. The molecule has 2 aromatic carbocycles. The Labute approximate surface area is 158 Å². The molecule has 0 heterocycles. The number of amides is 1. The molecule has 0 aromatic heterocycles. The van der Waals surface area contributed by atoms with Gasteiger partial charge in [-0.25, -0.2) is 14.0 Å². The van der Waals surface area contributed by atoms with E-state index in [4.69, 9.17) is 4.74 Å². The van der Waals surface area contributed by atoms with Gasteiger partial charge in [0, 0.05) is 6.42 Å². The van der Waals surface area contributed by atoms with Crippen molar-refractivity contribution in [1.29, 1.82) is 0 Å². The molecule has 0 saturated heterocycles. The Morgan fingerprint density at radius 2 is 1.57 bits per heavy atom. The summed E-state index contributed by atoms with van der Waals surface area (Å²) < 4.78 is 59.1. The van der Waals surface area contributed by atoms with Gasteiger partial charge in [0.2, 0.25) is 0 Å². The van der Waals surface area contributed by atoms with Gasteiger partial charge in [-0.3, -0.25) is 0 Å². The minimum Gasteiger partial charge on any atom is -0.454 e. The van der Waals surface area contributed by atoms with Gasteiger partial charge in [0.15, 0.2) is 6.61 Å². The van der Waals surface area contributed by atoms with E-state index in [1.807, 2.05) is 0 Å². The minimum absolute atomic E-state index is 0.0897. The minimum atomic E-state index is -4.70. The van der Waals surface area contributed by atoms with E-state index in [-0.39, 0.29) is 13.0 Å². The molecular weight excluding hydrogens is 382 g/mol. The van der Waals surface area contributed by atoms with E-state index >= 15 is 0 Å². The Bertz CT molecular complexity index is 779. The van der Waals surface area contributed by atoms with E-state index in [0.717, 1.165) is 12.1 Å². The number of benzene rings is 2. The maximum atomic E-state index is 13.0. The van der Waals surface area contributed by atoms with E-state index in [1.54, 1.807) is 30.3 Å². The molecule has 2 aromatic rings. The number of halogens is 4. The summed E-state index contributed by atoms with van der Waals surface area (Å²) in [4.78, 5) is 24.0. The molecule has 0 saturated carbocycles. The first-order valence-electron chi connectivity index (χ1n) is 8.18. The molecule has 1 N–H and O–H groups in total. The first-order chi connectivity index (χ1) is 13.2. The van der Waals surface area contributed by atoms with Crippen LogP contribution in [0, 0.1) is 5.82 Å². The molecule has 0 radical (unpaired) electrons. The van der Waals surface area contributed by atoms with Crippen molar-refractivity contribution in [3.05, 3.63) is 71.5 Å². The number of carbonyl (C=O) groups is 2. The Morgan fingerprint density at radius 1 is 0.929 bits per heavy atom. The van der Waals surface area contributed by atoms with Gasteiger partial charge in [0.25, 0.3) is 0 Å². The molecular formula is C19H17F4NO4. The highest BCUT2D eigenvalue weighted by atomic mass is 19.4. The standard InChI is InChI=1S/C19H17F4NO4/c20-15-8-6-13(7-9-15)10-16(17(25)28-12-19(21,22)23)24-18(26)27-11-14-4-2-1-3-5-14/h1-9,16H,10-12H2,(H,24,26)/t16-/m1/s1. The zero-order valence-electron chi connectivity index (χ0n) is 14.5. The lowest BCUT2D eigenvalue weighted by molar-refractivity contribution is -0.187. The van der Waals surface area contributed by atoms with Gasteiger partial charge in [-0.1, -0.05) is 42.5 Å². The molecule has 0 aliphatic rings. The monoisotopic (exact) mass is 399 g/mol. The van der Waals surface area contributed by atoms with Crippen LogP contribution < -0.4 is 5.32 Å². The molecule has 0 bridgehead atoms. The van der Waals surface area contributed by atoms with E-state index < -0.39 is 36.7 Å². The van der Waals surface area contributed by atoms with Crippen LogP contribution in [0.1, 0.15) is 11.1 Å². The highest BCUT2D eigenvalue weighted by Gasteiger charge is 2.32. The lowest BCUT2D eigenvalue weighted by atomic mass is 10.1. The number of nitrogens with one attached hydrogen (secondary N) is 1. The Kier molecular flexibility index (Phi) is 7.36. The van der Waals surface area contributed by atoms with Crippen molar-refractivity contribution in [1.82, 2.24) is 5.32 Å². The fourth-order valence-electron chi connectivity index (χ4n) is 2.21. The van der Waals surface area contributed by atoms with Crippen LogP contribution in [0.5, 0.6) is 0 Å². The summed E-state index contributed by atoms with van der Waals surface area (Å²) in [6.45, 7) is -1.87. The lowest BCUT2D eigenvalue weighted by Crippen LogP contribution is -2.44. The zero-order chi connectivity index (χ0) is 20.6. The van der Waals surface area contributed by atoms with Gasteiger partial charge in [0.05, 0.1) is 0 Å². The van der Waals surface area contributed by atoms with E-state index in [0.29, 0.717) is 11.1 Å². The van der Waals surface area contributed by atoms with Gasteiger partial charge in [-0.15, -0.1) is 0 Å². The van der Waals surface area contributed by atoms with Crippen LogP contribution in [0.4, 0.5) is 22.4 Å². The molecule has 1 amide bonds. The summed E-state index contributed by atoms with van der Waals surface area (Å²) in [6, 6.07) is 12.2. The summed E-state index contributed by atoms with van der Waals surface area (Å²) in [6.07, 6.45) is -5.90. The molecule has 5 nitrogen and oxygen atoms in total. The van der Waals surface area contributed by atoms with Crippen molar-refractivity contribution in [2.24, 2.45) is 0 Å². The van der Waals surface area contributed by atoms with E-state index in [2.05, 4.69) is 10.1 Å². The third kappa shape index (κ3) is 7.65. The number of alkyl halides is 3. The van der Waals surface area contributed by atoms with E-state index in [1.165, 1.54) is 12.1 Å². The van der Waals surface area contributed by atoms with Crippen molar-refractivity contribution >= 4 is 12.1 Å². The summed E-state index contributed by atoms with van der Waals surface area (Å²) in [5.74, 6) is -1.80. The number of hydrogen-bond donors (Lipinski definition) is 1. The van der Waals surface area contributed by atoms with Crippen LogP contribution in [0.2, 0.25) is 0 Å². The van der Waals surface area contributed by atoms with Crippen LogP contribution in [0.3, 0.4) is 0 Å². The van der Waals surface area contributed by atoms with Gasteiger partial charge < -0.3 is 14.8 Å². The molecule has 0 spiro atoms. The van der Waals surface area contributed by atoms with Gasteiger partial charge in [-0.05, 0) is 23.3 Å². The Balaban J connectivity index is 2.00. The number of alkyl carbamates (subject to hydrolysis) is 1. The Hall–Kier alpha value is -3.10. The largest absolute Gasteiger partial charge is 0.454 e. The number of esters is 1. The number of rotatable bonds is 7. The second-order valence-electron chi connectivity index (χ2n) is 5.81. The SMILES string of the molecule is O=C(N[C@H](Cc1ccc(F)cc1)C(=O)OCC(F)(F)F)OCc1ccccc1. The third-order valence-electron chi connectivity index (χ3n) is 3.52. The van der Waals surface area contributed by atoms with Gasteiger partial charge in [-0.2, -0.15) is 13.2 Å². The highest BCUT2D eigenvalue weighted by Crippen LogP contribution is 2.15. The first-order valence-corrected chi connectivity index (χ1v) is 8.18. The third-order valence-corrected chi connectivity index (χ3v) is 3.52. The predicted molar refractivity (Wildman–Crippen MR) is 90.7 cm³/mol. The summed E-state index contributed by atoms with van der Waals surface area (Å²) in [5, 5.41) is 2.19. The Morgan fingerprint density at radius 3 is 2.18 bits per heavy atom. The van der Waals surface area contributed by atoms with Crippen molar-refractivity contribution in [2.45, 2.75) is 25.2 Å². The van der Waals surface area contributed by atoms with Gasteiger partial charge >= 0.3 is 18.2 Å². The fourth-order valence-corrected chi connectivity index (χ4v) is 2.21. The number of hydrogen-bond acceptors (Lipinski definition) is 4. The maximum absolute atomic E-state index is 13.0. The average Bonchev–Trinajstić information content (AvgIpc) is 2.66. The molecule has 2 rings (SSSR count). The maximum Gasteiger partial charge on any atom is 0.422 e. The summed E-state index contributed by atoms with van der Waals surface area (Å²) >= 11 is 0. The van der Waals surface area contributed by atoms with Crippen LogP contribution in [0.15, 0.2) is 54.6 Å². The fraction of sp³-hybridized carbons (Fsp3) is 0.263. The smallest absolute Gasteiger partial charge is 0.422 e. The molecule has 0 aliphatic heterocycles. The molecule has 9 heteroatoms. The highest BCUT2D eigenvalue weighted by molar-refractivity contribution is 5.81. The van der Waals surface area contributed by atoms with Gasteiger partial charge in [0.1, 0.15) is 18.5 Å². The number of ether oxygens (including phenoxy) is 2. The normalized spacial score (nSPS) is 12.1. The molecule has 0 aliphatic carbocycles. The summed E-state index contributed by atoms with van der Waals surface area (Å²) in [7, 11) is 0. The predicted octanol–water partition coefficient (Wildman–Crippen LogP) is 3.77. The van der Waals surface area contributed by atoms with Crippen molar-refractivity contribution in [2.75, 3.05) is 6.61 Å². The molecule has 0 unspecified atom stereocenters. The van der Waals surface area contributed by atoms with Crippen molar-refractivity contribution < 1.29 is 36.6 Å². The summed E-state index contributed by atoms with van der Waals surface area (Å²) in [5.41, 5.74) is 1.10. The lowest BCUT2D eigenvalue weighted by Gasteiger charge is -2.18. The topological polar surface area (TPSA) is 64.6 Å². The number of carbonyl (C=O) groups excluding carboxylic acids is 2. The first kappa shape index (κ1) is 21.2. The second kappa shape index (κ2) is 9.72. The average molecular weight is 399 g/mol. The molecule has 0 fully saturated rings.